The first-order chi connectivity index (χ1) is 9.79. The van der Waals surface area contributed by atoms with E-state index in [-0.39, 0.29) is 0 Å². The van der Waals surface area contributed by atoms with Crippen molar-refractivity contribution in [1.82, 2.24) is 0 Å². The van der Waals surface area contributed by atoms with Crippen LogP contribution < -0.4 is 9.58 Å². The Morgan fingerprint density at radius 1 is 1.10 bits per heavy atom. The van der Waals surface area contributed by atoms with Crippen molar-refractivity contribution in [1.29, 1.82) is 0 Å². The maximum absolute atomic E-state index is 4.46. The minimum absolute atomic E-state index is 1.08. The van der Waals surface area contributed by atoms with Crippen LogP contribution >= 0.6 is 0 Å². The lowest BCUT2D eigenvalue weighted by Gasteiger charge is -2.11. The molecule has 0 radical (unpaired) electrons. The van der Waals surface area contributed by atoms with Gasteiger partial charge in [-0.05, 0) is 12.1 Å². The van der Waals surface area contributed by atoms with E-state index in [2.05, 4.69) is 41.1 Å². The van der Waals surface area contributed by atoms with Crippen molar-refractivity contribution in [2.45, 2.75) is 26.3 Å². The fourth-order valence-corrected chi connectivity index (χ4v) is 1.91. The molecule has 1 aromatic carbocycles. The minimum atomic E-state index is 1.08. The van der Waals surface area contributed by atoms with Crippen LogP contribution in [0.15, 0.2) is 60.0 Å². The topological polar surface area (TPSA) is 19.5 Å². The number of hydrogen-bond donors (Lipinski definition) is 0. The van der Waals surface area contributed by atoms with Crippen molar-refractivity contribution in [3.63, 3.8) is 0 Å². The number of anilines is 1. The maximum Gasteiger partial charge on any atom is 0.169 e. The van der Waals surface area contributed by atoms with Gasteiger partial charge in [-0.15, -0.1) is 0 Å². The molecular formula is C17H22N3+. The average molecular weight is 268 g/mol. The Hall–Kier alpha value is -2.16. The number of para-hydroxylation sites is 1. The van der Waals surface area contributed by atoms with E-state index in [9.17, 15) is 0 Å². The van der Waals surface area contributed by atoms with Crippen molar-refractivity contribution < 1.29 is 4.57 Å². The van der Waals surface area contributed by atoms with Crippen LogP contribution in [0.3, 0.4) is 0 Å². The lowest BCUT2D eigenvalue weighted by Crippen LogP contribution is -2.32. The molecule has 0 spiro atoms. The summed E-state index contributed by atoms with van der Waals surface area (Å²) in [6.45, 7) is 3.29. The summed E-state index contributed by atoms with van der Waals surface area (Å²) in [6.07, 6.45) is 8.54. The Morgan fingerprint density at radius 2 is 1.80 bits per heavy atom. The zero-order chi connectivity index (χ0) is 14.2. The van der Waals surface area contributed by atoms with E-state index < -0.39 is 0 Å². The van der Waals surface area contributed by atoms with Crippen LogP contribution in [0, 0.1) is 0 Å². The molecule has 0 saturated heterocycles. The Morgan fingerprint density at radius 3 is 2.45 bits per heavy atom. The summed E-state index contributed by atoms with van der Waals surface area (Å²) in [6, 6.07) is 14.3. The molecule has 0 amide bonds. The van der Waals surface area contributed by atoms with E-state index in [1.54, 1.807) is 0 Å². The first kappa shape index (κ1) is 14.3. The molecule has 20 heavy (non-hydrogen) atoms. The fraction of sp³-hybridized carbons (Fsp3) is 0.294. The fourth-order valence-electron chi connectivity index (χ4n) is 1.91. The molecule has 0 unspecified atom stereocenters. The molecule has 2 rings (SSSR count). The second kappa shape index (κ2) is 7.43. The molecule has 0 atom stereocenters. The van der Waals surface area contributed by atoms with Crippen LogP contribution in [0.25, 0.3) is 0 Å². The summed E-state index contributed by atoms with van der Waals surface area (Å²) >= 11 is 0. The van der Waals surface area contributed by atoms with Crippen molar-refractivity contribution >= 4 is 11.9 Å². The van der Waals surface area contributed by atoms with Crippen LogP contribution in [-0.4, -0.2) is 13.3 Å². The van der Waals surface area contributed by atoms with Gasteiger partial charge in [0.25, 0.3) is 0 Å². The summed E-state index contributed by atoms with van der Waals surface area (Å²) in [5.41, 5.74) is 2.19. The number of benzene rings is 1. The maximum atomic E-state index is 4.46. The Labute approximate surface area is 121 Å². The highest BCUT2D eigenvalue weighted by molar-refractivity contribution is 5.79. The predicted molar refractivity (Wildman–Crippen MR) is 84.0 cm³/mol. The summed E-state index contributed by atoms with van der Waals surface area (Å²) in [5, 5.41) is 6.33. The van der Waals surface area contributed by atoms with Gasteiger partial charge in [0.05, 0.1) is 11.9 Å². The van der Waals surface area contributed by atoms with Crippen LogP contribution in [0.1, 0.15) is 25.3 Å². The van der Waals surface area contributed by atoms with E-state index in [0.29, 0.717) is 0 Å². The second-order valence-electron chi connectivity index (χ2n) is 4.83. The minimum Gasteiger partial charge on any atom is -0.269 e. The summed E-state index contributed by atoms with van der Waals surface area (Å²) in [7, 11) is 1.95. The van der Waals surface area contributed by atoms with Gasteiger partial charge in [0.15, 0.2) is 12.4 Å². The van der Waals surface area contributed by atoms with Gasteiger partial charge in [-0.1, -0.05) is 31.5 Å². The van der Waals surface area contributed by atoms with Gasteiger partial charge in [-0.25, -0.2) is 4.57 Å². The number of pyridine rings is 1. The quantitative estimate of drug-likeness (QED) is 0.447. The SMILES string of the molecule is CCCC[n+]1ccc(/C=N/N(C)c2ccccc2)cc1. The third-order valence-electron chi connectivity index (χ3n) is 3.20. The highest BCUT2D eigenvalue weighted by Gasteiger charge is 1.99. The highest BCUT2D eigenvalue weighted by atomic mass is 15.4. The summed E-state index contributed by atoms with van der Waals surface area (Å²) in [5.74, 6) is 0. The zero-order valence-electron chi connectivity index (χ0n) is 12.2. The molecule has 0 N–H and O–H groups in total. The molecule has 0 aliphatic heterocycles. The molecular weight excluding hydrogens is 246 g/mol. The molecule has 0 aliphatic carbocycles. The highest BCUT2D eigenvalue weighted by Crippen LogP contribution is 2.10. The Balaban J connectivity index is 1.97. The molecule has 0 aliphatic rings. The Kier molecular flexibility index (Phi) is 5.30. The average Bonchev–Trinajstić information content (AvgIpc) is 2.52. The smallest absolute Gasteiger partial charge is 0.169 e. The van der Waals surface area contributed by atoms with E-state index in [1.165, 1.54) is 12.8 Å². The van der Waals surface area contributed by atoms with E-state index in [0.717, 1.165) is 17.8 Å². The molecule has 3 nitrogen and oxygen atoms in total. The van der Waals surface area contributed by atoms with Crippen molar-refractivity contribution in [2.24, 2.45) is 5.10 Å². The van der Waals surface area contributed by atoms with Gasteiger partial charge in [0, 0.05) is 31.2 Å². The third-order valence-corrected chi connectivity index (χ3v) is 3.20. The lowest BCUT2D eigenvalue weighted by molar-refractivity contribution is -0.697. The van der Waals surface area contributed by atoms with Gasteiger partial charge < -0.3 is 0 Å². The van der Waals surface area contributed by atoms with Crippen molar-refractivity contribution in [3.8, 4) is 0 Å². The van der Waals surface area contributed by atoms with Crippen LogP contribution in [0.4, 0.5) is 5.69 Å². The normalized spacial score (nSPS) is 10.9. The van der Waals surface area contributed by atoms with Gasteiger partial charge in [-0.3, -0.25) is 5.01 Å². The van der Waals surface area contributed by atoms with Gasteiger partial charge in [-0.2, -0.15) is 5.10 Å². The van der Waals surface area contributed by atoms with E-state index >= 15 is 0 Å². The first-order valence-electron chi connectivity index (χ1n) is 7.11. The molecule has 104 valence electrons. The second-order valence-corrected chi connectivity index (χ2v) is 4.83. The molecule has 1 heterocycles. The first-order valence-corrected chi connectivity index (χ1v) is 7.11. The number of hydrazone groups is 1. The molecule has 2 aromatic rings. The van der Waals surface area contributed by atoms with Crippen LogP contribution in [0.2, 0.25) is 0 Å². The van der Waals surface area contributed by atoms with Gasteiger partial charge in [0.1, 0.15) is 6.54 Å². The van der Waals surface area contributed by atoms with Gasteiger partial charge in [0.2, 0.25) is 0 Å². The largest absolute Gasteiger partial charge is 0.269 e. The van der Waals surface area contributed by atoms with Crippen LogP contribution in [0.5, 0.6) is 0 Å². The van der Waals surface area contributed by atoms with E-state index in [4.69, 9.17) is 0 Å². The lowest BCUT2D eigenvalue weighted by atomic mass is 10.3. The zero-order valence-corrected chi connectivity index (χ0v) is 12.2. The van der Waals surface area contributed by atoms with Crippen LogP contribution in [-0.2, 0) is 6.54 Å². The standard InChI is InChI=1S/C17H22N3/c1-3-4-12-20-13-10-16(11-14-20)15-18-19(2)17-8-6-5-7-9-17/h5-11,13-15H,3-4,12H2,1-2H3/q+1. The number of rotatable bonds is 6. The molecule has 0 bridgehead atoms. The van der Waals surface area contributed by atoms with Crippen molar-refractivity contribution in [3.05, 3.63) is 60.4 Å². The predicted octanol–water partition coefficient (Wildman–Crippen LogP) is 3.24. The molecule has 3 heteroatoms. The molecule has 0 saturated carbocycles. The number of nitrogens with zero attached hydrogens (tertiary/aromatic N) is 3. The number of hydrogen-bond acceptors (Lipinski definition) is 2. The van der Waals surface area contributed by atoms with Gasteiger partial charge >= 0.3 is 0 Å². The Bertz CT molecular complexity index is 532. The van der Waals surface area contributed by atoms with Crippen molar-refractivity contribution in [2.75, 3.05) is 12.1 Å². The summed E-state index contributed by atoms with van der Waals surface area (Å²) in [4.78, 5) is 0. The number of unbranched alkanes of at least 4 members (excludes halogenated alkanes) is 1. The number of aryl methyl sites for hydroxylation is 1. The monoisotopic (exact) mass is 268 g/mol. The van der Waals surface area contributed by atoms with E-state index in [1.807, 2.05) is 48.6 Å². The summed E-state index contributed by atoms with van der Waals surface area (Å²) < 4.78 is 2.21. The third kappa shape index (κ3) is 4.19. The number of aromatic nitrogens is 1. The molecule has 0 fully saturated rings. The molecule has 1 aromatic heterocycles.